The number of thiazole rings is 1. The maximum absolute atomic E-state index is 13.0. The van der Waals surface area contributed by atoms with Crippen LogP contribution in [0, 0.1) is 0 Å². The lowest BCUT2D eigenvalue weighted by Crippen LogP contribution is -3.14. The van der Waals surface area contributed by atoms with Crippen LogP contribution in [0.4, 0.5) is 0 Å². The summed E-state index contributed by atoms with van der Waals surface area (Å²) in [6.07, 6.45) is 9.85. The number of piperidine rings is 1. The van der Waals surface area contributed by atoms with Crippen LogP contribution in [0.5, 0.6) is 0 Å². The van der Waals surface area contributed by atoms with Gasteiger partial charge in [0, 0.05) is 19.5 Å². The molecule has 2 aliphatic heterocycles. The van der Waals surface area contributed by atoms with Crippen molar-refractivity contribution in [1.29, 1.82) is 0 Å². The predicted molar refractivity (Wildman–Crippen MR) is 107 cm³/mol. The third kappa shape index (κ3) is 4.09. The molecule has 2 fully saturated rings. The second-order valence-electron chi connectivity index (χ2n) is 7.80. The molecule has 1 N–H and O–H groups in total. The summed E-state index contributed by atoms with van der Waals surface area (Å²) in [5.74, 6) is 0.356. The molecule has 0 radical (unpaired) electrons. The summed E-state index contributed by atoms with van der Waals surface area (Å²) in [4.78, 5) is 21.4. The van der Waals surface area contributed by atoms with Gasteiger partial charge in [0.2, 0.25) is 0 Å². The lowest BCUT2D eigenvalue weighted by Gasteiger charge is -2.33. The maximum Gasteiger partial charge on any atom is 0.277 e. The zero-order valence-corrected chi connectivity index (χ0v) is 16.4. The summed E-state index contributed by atoms with van der Waals surface area (Å²) in [6.45, 7) is 3.65. The molecule has 3 heterocycles. The number of quaternary nitrogens is 1. The number of hydrogen-bond acceptors (Lipinski definition) is 3. The topological polar surface area (TPSA) is 37.6 Å². The number of fused-ring (bicyclic) bond motifs is 1. The summed E-state index contributed by atoms with van der Waals surface area (Å²) in [5, 5.41) is 1.22. The van der Waals surface area contributed by atoms with Crippen molar-refractivity contribution in [2.75, 3.05) is 26.2 Å². The molecule has 1 unspecified atom stereocenters. The minimum Gasteiger partial charge on any atom is -0.338 e. The van der Waals surface area contributed by atoms with Crippen molar-refractivity contribution in [3.8, 4) is 0 Å². The summed E-state index contributed by atoms with van der Waals surface area (Å²) in [5.41, 5.74) is 1.10. The van der Waals surface area contributed by atoms with Gasteiger partial charge in [0.25, 0.3) is 5.91 Å². The van der Waals surface area contributed by atoms with E-state index in [2.05, 4.69) is 29.2 Å². The van der Waals surface area contributed by atoms with Crippen molar-refractivity contribution in [2.24, 2.45) is 0 Å². The maximum atomic E-state index is 13.0. The number of aromatic nitrogens is 1. The van der Waals surface area contributed by atoms with Gasteiger partial charge in [-0.2, -0.15) is 0 Å². The minimum atomic E-state index is 0.356. The number of carbonyl (C=O) groups is 1. The Hall–Kier alpha value is -1.46. The van der Waals surface area contributed by atoms with E-state index in [-0.39, 0.29) is 0 Å². The molecule has 140 valence electrons. The number of likely N-dealkylation sites (tertiary alicyclic amines) is 2. The molecule has 0 aliphatic carbocycles. The molecular weight excluding hydrogens is 342 g/mol. The minimum absolute atomic E-state index is 0.356. The molecule has 1 aromatic heterocycles. The van der Waals surface area contributed by atoms with E-state index < -0.39 is 0 Å². The van der Waals surface area contributed by atoms with Crippen molar-refractivity contribution in [1.82, 2.24) is 9.88 Å². The third-order valence-corrected chi connectivity index (χ3v) is 7.08. The van der Waals surface area contributed by atoms with Crippen LogP contribution in [-0.4, -0.2) is 42.0 Å². The Morgan fingerprint density at radius 2 is 1.85 bits per heavy atom. The monoisotopic (exact) mass is 372 g/mol. The van der Waals surface area contributed by atoms with Crippen molar-refractivity contribution in [3.63, 3.8) is 0 Å². The second kappa shape index (κ2) is 8.49. The Balaban J connectivity index is 1.47. The van der Waals surface area contributed by atoms with E-state index in [0.717, 1.165) is 31.6 Å². The first kappa shape index (κ1) is 17.9. The van der Waals surface area contributed by atoms with E-state index in [4.69, 9.17) is 4.98 Å². The largest absolute Gasteiger partial charge is 0.338 e. The molecule has 5 heteroatoms. The predicted octanol–water partition coefficient (Wildman–Crippen LogP) is 3.20. The SMILES string of the molecule is O=C(C[NH+]1CCCC[C@H]1c1nc2ccccc2s1)N1CCCCCCC1. The first-order valence-electron chi connectivity index (χ1n) is 10.3. The highest BCUT2D eigenvalue weighted by Gasteiger charge is 2.33. The number of nitrogens with zero attached hydrogens (tertiary/aromatic N) is 2. The first-order chi connectivity index (χ1) is 12.8. The third-order valence-electron chi connectivity index (χ3n) is 5.93. The van der Waals surface area contributed by atoms with Gasteiger partial charge in [-0.3, -0.25) is 4.79 Å². The van der Waals surface area contributed by atoms with Gasteiger partial charge in [0.05, 0.1) is 16.8 Å². The number of benzene rings is 1. The average molecular weight is 373 g/mol. The van der Waals surface area contributed by atoms with Crippen LogP contribution in [0.3, 0.4) is 0 Å². The van der Waals surface area contributed by atoms with Crippen molar-refractivity contribution in [2.45, 2.75) is 57.4 Å². The van der Waals surface area contributed by atoms with E-state index in [0.29, 0.717) is 18.5 Å². The molecule has 0 bridgehead atoms. The Morgan fingerprint density at radius 1 is 1.08 bits per heavy atom. The molecule has 1 amide bonds. The smallest absolute Gasteiger partial charge is 0.277 e. The highest BCUT2D eigenvalue weighted by Crippen LogP contribution is 2.28. The quantitative estimate of drug-likeness (QED) is 0.898. The fourth-order valence-electron chi connectivity index (χ4n) is 4.43. The van der Waals surface area contributed by atoms with Gasteiger partial charge in [-0.15, -0.1) is 11.3 Å². The number of amides is 1. The highest BCUT2D eigenvalue weighted by atomic mass is 32.1. The Kier molecular flexibility index (Phi) is 5.85. The number of para-hydroxylation sites is 1. The molecular formula is C21H30N3OS+. The lowest BCUT2D eigenvalue weighted by molar-refractivity contribution is -0.929. The zero-order valence-electron chi connectivity index (χ0n) is 15.6. The summed E-state index contributed by atoms with van der Waals surface area (Å²) >= 11 is 1.82. The van der Waals surface area contributed by atoms with Gasteiger partial charge in [-0.05, 0) is 37.8 Å². The molecule has 26 heavy (non-hydrogen) atoms. The number of carbonyl (C=O) groups excluding carboxylic acids is 1. The molecule has 0 spiro atoms. The number of nitrogens with one attached hydrogen (secondary N) is 1. The number of hydrogen-bond donors (Lipinski definition) is 1. The van der Waals surface area contributed by atoms with Gasteiger partial charge in [-0.25, -0.2) is 4.98 Å². The van der Waals surface area contributed by atoms with Crippen LogP contribution in [0.2, 0.25) is 0 Å². The van der Waals surface area contributed by atoms with Crippen molar-refractivity contribution < 1.29 is 9.69 Å². The van der Waals surface area contributed by atoms with Gasteiger partial charge >= 0.3 is 0 Å². The number of rotatable bonds is 3. The highest BCUT2D eigenvalue weighted by molar-refractivity contribution is 7.18. The molecule has 2 aromatic rings. The van der Waals surface area contributed by atoms with Crippen LogP contribution in [0.25, 0.3) is 10.2 Å². The van der Waals surface area contributed by atoms with Gasteiger partial charge in [0.15, 0.2) is 11.6 Å². The van der Waals surface area contributed by atoms with Gasteiger partial charge in [0.1, 0.15) is 6.04 Å². The average Bonchev–Trinajstić information content (AvgIpc) is 3.05. The van der Waals surface area contributed by atoms with Crippen LogP contribution < -0.4 is 4.90 Å². The molecule has 4 rings (SSSR count). The Morgan fingerprint density at radius 3 is 2.65 bits per heavy atom. The Labute approximate surface area is 160 Å². The first-order valence-corrected chi connectivity index (χ1v) is 11.1. The van der Waals surface area contributed by atoms with Crippen LogP contribution >= 0.6 is 11.3 Å². The van der Waals surface area contributed by atoms with E-state index in [1.165, 1.54) is 59.6 Å². The summed E-state index contributed by atoms with van der Waals surface area (Å²) in [6, 6.07) is 8.79. The normalized spacial score (nSPS) is 25.0. The van der Waals surface area contributed by atoms with Gasteiger partial charge < -0.3 is 9.80 Å². The van der Waals surface area contributed by atoms with E-state index in [1.807, 2.05) is 11.3 Å². The molecule has 2 atom stereocenters. The zero-order chi connectivity index (χ0) is 17.8. The van der Waals surface area contributed by atoms with Crippen LogP contribution in [0.15, 0.2) is 24.3 Å². The van der Waals surface area contributed by atoms with Gasteiger partial charge in [-0.1, -0.05) is 31.4 Å². The van der Waals surface area contributed by atoms with Crippen LogP contribution in [-0.2, 0) is 4.79 Å². The standard InChI is InChI=1S/C21H29N3OS/c25-20(23-13-7-2-1-3-8-14-23)16-24-15-9-6-11-18(24)21-22-17-10-4-5-12-19(17)26-21/h4-5,10,12,18H,1-3,6-9,11,13-16H2/p+1/t18-/m0/s1. The molecule has 2 aliphatic rings. The molecule has 1 aromatic carbocycles. The lowest BCUT2D eigenvalue weighted by atomic mass is 10.0. The van der Waals surface area contributed by atoms with E-state index >= 15 is 0 Å². The fraction of sp³-hybridized carbons (Fsp3) is 0.619. The Bertz CT molecular complexity index is 703. The second-order valence-corrected chi connectivity index (χ2v) is 8.86. The van der Waals surface area contributed by atoms with E-state index in [9.17, 15) is 4.79 Å². The summed E-state index contributed by atoms with van der Waals surface area (Å²) in [7, 11) is 0. The van der Waals surface area contributed by atoms with E-state index in [1.54, 1.807) is 0 Å². The fourth-order valence-corrected chi connectivity index (χ4v) is 5.59. The van der Waals surface area contributed by atoms with Crippen LogP contribution in [0.1, 0.15) is 62.4 Å². The molecule has 2 saturated heterocycles. The summed E-state index contributed by atoms with van der Waals surface area (Å²) < 4.78 is 1.27. The van der Waals surface area contributed by atoms with Crippen molar-refractivity contribution in [3.05, 3.63) is 29.3 Å². The van der Waals surface area contributed by atoms with Crippen molar-refractivity contribution >= 4 is 27.5 Å². The molecule has 4 nitrogen and oxygen atoms in total. The molecule has 0 saturated carbocycles.